The minimum atomic E-state index is -1.45. The smallest absolute Gasteiger partial charge is 0.131 e. The van der Waals surface area contributed by atoms with E-state index in [-0.39, 0.29) is 0 Å². The lowest BCUT2D eigenvalue weighted by atomic mass is 9.96. The number of nitrogens with one attached hydrogen (secondary N) is 1. The highest BCUT2D eigenvalue weighted by Crippen LogP contribution is 2.36. The van der Waals surface area contributed by atoms with Crippen LogP contribution in [0.1, 0.15) is 48.8 Å². The van der Waals surface area contributed by atoms with E-state index in [0.717, 1.165) is 6.04 Å². The summed E-state index contributed by atoms with van der Waals surface area (Å²) in [6.45, 7) is 5.00. The highest BCUT2D eigenvalue weighted by molar-refractivity contribution is 6.77. The van der Waals surface area contributed by atoms with Crippen LogP contribution in [0.25, 0.3) is 6.08 Å². The Kier molecular flexibility index (Phi) is 3.63. The fraction of sp³-hybridized carbons (Fsp3) is 0.529. The second-order valence-electron chi connectivity index (χ2n) is 6.67. The minimum absolute atomic E-state index is 0.644. The first-order chi connectivity index (χ1) is 9.17. The molecule has 1 unspecified atom stereocenters. The van der Waals surface area contributed by atoms with E-state index in [1.54, 1.807) is 5.56 Å². The standard InChI is InChI=1S/C17H25NSi/c1-19(2,18-15-9-4-3-5-10-15)17-13-12-14-8-6-7-11-16(14)17/h6-8,11-13,15,17-18H,3-5,9-10H2,1-2H3. The molecule has 102 valence electrons. The Hall–Kier alpha value is -0.863. The molecule has 3 rings (SSSR count). The quantitative estimate of drug-likeness (QED) is 0.800. The van der Waals surface area contributed by atoms with Crippen LogP contribution in [-0.2, 0) is 0 Å². The number of fused-ring (bicyclic) bond motifs is 1. The van der Waals surface area contributed by atoms with Crippen molar-refractivity contribution in [3.63, 3.8) is 0 Å². The van der Waals surface area contributed by atoms with Gasteiger partial charge in [-0.15, -0.1) is 0 Å². The molecule has 0 amide bonds. The summed E-state index contributed by atoms with van der Waals surface area (Å²) < 4.78 is 0. The van der Waals surface area contributed by atoms with Crippen LogP contribution in [0.3, 0.4) is 0 Å². The minimum Gasteiger partial charge on any atom is -0.334 e. The van der Waals surface area contributed by atoms with E-state index in [1.807, 2.05) is 0 Å². The number of rotatable bonds is 3. The first-order valence-corrected chi connectivity index (χ1v) is 10.8. The van der Waals surface area contributed by atoms with Crippen molar-refractivity contribution in [1.29, 1.82) is 0 Å². The average molecular weight is 271 g/mol. The third-order valence-electron chi connectivity index (χ3n) is 4.76. The van der Waals surface area contributed by atoms with Crippen molar-refractivity contribution >= 4 is 14.3 Å². The molecule has 0 spiro atoms. The first kappa shape index (κ1) is 13.1. The number of hydrogen-bond donors (Lipinski definition) is 1. The molecular weight excluding hydrogens is 246 g/mol. The van der Waals surface area contributed by atoms with Gasteiger partial charge in [0.05, 0.1) is 0 Å². The van der Waals surface area contributed by atoms with Gasteiger partial charge in [-0.25, -0.2) is 0 Å². The molecular formula is C17H25NSi. The highest BCUT2D eigenvalue weighted by Gasteiger charge is 2.36. The van der Waals surface area contributed by atoms with E-state index in [4.69, 9.17) is 0 Å². The number of benzene rings is 1. The molecule has 0 saturated heterocycles. The van der Waals surface area contributed by atoms with Crippen molar-refractivity contribution in [3.8, 4) is 0 Å². The van der Waals surface area contributed by atoms with E-state index in [1.165, 1.54) is 37.7 Å². The van der Waals surface area contributed by atoms with Crippen LogP contribution in [-0.4, -0.2) is 14.3 Å². The Morgan fingerprint density at radius 1 is 1.05 bits per heavy atom. The summed E-state index contributed by atoms with van der Waals surface area (Å²) in [6.07, 6.45) is 11.8. The van der Waals surface area contributed by atoms with Gasteiger partial charge in [0.25, 0.3) is 0 Å². The van der Waals surface area contributed by atoms with Crippen molar-refractivity contribution in [2.75, 3.05) is 0 Å². The summed E-state index contributed by atoms with van der Waals surface area (Å²) in [5, 5.41) is 0. The summed E-state index contributed by atoms with van der Waals surface area (Å²) >= 11 is 0. The van der Waals surface area contributed by atoms with Gasteiger partial charge in [-0.2, -0.15) is 0 Å². The zero-order valence-electron chi connectivity index (χ0n) is 12.2. The van der Waals surface area contributed by atoms with Gasteiger partial charge in [-0.3, -0.25) is 0 Å². The van der Waals surface area contributed by atoms with E-state index in [2.05, 4.69) is 54.5 Å². The predicted octanol–water partition coefficient (Wildman–Crippen LogP) is 4.46. The second kappa shape index (κ2) is 5.26. The zero-order chi connectivity index (χ0) is 13.3. The van der Waals surface area contributed by atoms with Crippen LogP contribution >= 0.6 is 0 Å². The zero-order valence-corrected chi connectivity index (χ0v) is 13.2. The molecule has 2 aliphatic carbocycles. The molecule has 1 aromatic rings. The third-order valence-corrected chi connectivity index (χ3v) is 7.97. The largest absolute Gasteiger partial charge is 0.334 e. The fourth-order valence-electron chi connectivity index (χ4n) is 3.74. The molecule has 0 bridgehead atoms. The van der Waals surface area contributed by atoms with Crippen LogP contribution in [0.2, 0.25) is 13.1 Å². The summed E-state index contributed by atoms with van der Waals surface area (Å²) in [5.74, 6) is 0. The molecule has 2 aliphatic rings. The molecule has 2 heteroatoms. The maximum absolute atomic E-state index is 4.07. The lowest BCUT2D eigenvalue weighted by molar-refractivity contribution is 0.413. The Morgan fingerprint density at radius 3 is 2.58 bits per heavy atom. The van der Waals surface area contributed by atoms with Crippen molar-refractivity contribution in [3.05, 3.63) is 41.5 Å². The molecule has 0 radical (unpaired) electrons. The lowest BCUT2D eigenvalue weighted by Gasteiger charge is -2.36. The van der Waals surface area contributed by atoms with E-state index < -0.39 is 8.24 Å². The Balaban J connectivity index is 1.76. The van der Waals surface area contributed by atoms with Crippen LogP contribution < -0.4 is 4.98 Å². The van der Waals surface area contributed by atoms with Crippen molar-refractivity contribution in [1.82, 2.24) is 4.98 Å². The number of hydrogen-bond acceptors (Lipinski definition) is 1. The summed E-state index contributed by atoms with van der Waals surface area (Å²) in [6, 6.07) is 9.67. The maximum atomic E-state index is 4.07. The van der Waals surface area contributed by atoms with E-state index in [0.29, 0.717) is 5.54 Å². The van der Waals surface area contributed by atoms with Gasteiger partial charge in [-0.05, 0) is 24.0 Å². The summed E-state index contributed by atoms with van der Waals surface area (Å²) in [4.78, 5) is 4.07. The van der Waals surface area contributed by atoms with E-state index >= 15 is 0 Å². The van der Waals surface area contributed by atoms with Crippen molar-refractivity contribution < 1.29 is 0 Å². The molecule has 1 aromatic carbocycles. The van der Waals surface area contributed by atoms with Gasteiger partial charge < -0.3 is 4.98 Å². The molecule has 1 saturated carbocycles. The van der Waals surface area contributed by atoms with Crippen LogP contribution in [0, 0.1) is 0 Å². The molecule has 1 nitrogen and oxygen atoms in total. The topological polar surface area (TPSA) is 12.0 Å². The van der Waals surface area contributed by atoms with Crippen LogP contribution in [0.5, 0.6) is 0 Å². The second-order valence-corrected chi connectivity index (χ2v) is 11.0. The monoisotopic (exact) mass is 271 g/mol. The molecule has 19 heavy (non-hydrogen) atoms. The Bertz CT molecular complexity index is 472. The molecule has 0 aromatic heterocycles. The molecule has 1 atom stereocenters. The molecule has 1 fully saturated rings. The fourth-order valence-corrected chi connectivity index (χ4v) is 6.88. The van der Waals surface area contributed by atoms with E-state index in [9.17, 15) is 0 Å². The average Bonchev–Trinajstić information content (AvgIpc) is 2.84. The van der Waals surface area contributed by atoms with Gasteiger partial charge in [0.2, 0.25) is 0 Å². The third kappa shape index (κ3) is 2.70. The van der Waals surface area contributed by atoms with Gasteiger partial charge in [-0.1, -0.05) is 68.8 Å². The van der Waals surface area contributed by atoms with Crippen molar-refractivity contribution in [2.24, 2.45) is 0 Å². The number of allylic oxidation sites excluding steroid dienone is 1. The van der Waals surface area contributed by atoms with Crippen molar-refractivity contribution in [2.45, 2.75) is 56.8 Å². The Morgan fingerprint density at radius 2 is 1.79 bits per heavy atom. The first-order valence-electron chi connectivity index (χ1n) is 7.72. The maximum Gasteiger partial charge on any atom is 0.131 e. The molecule has 0 aliphatic heterocycles. The van der Waals surface area contributed by atoms with Crippen LogP contribution in [0.15, 0.2) is 30.3 Å². The normalized spacial score (nSPS) is 23.6. The van der Waals surface area contributed by atoms with Gasteiger partial charge >= 0.3 is 0 Å². The highest BCUT2D eigenvalue weighted by atomic mass is 28.3. The summed E-state index contributed by atoms with van der Waals surface area (Å²) in [5.41, 5.74) is 3.62. The summed E-state index contributed by atoms with van der Waals surface area (Å²) in [7, 11) is -1.45. The molecule has 0 heterocycles. The predicted molar refractivity (Wildman–Crippen MR) is 85.7 cm³/mol. The lowest BCUT2D eigenvalue weighted by Crippen LogP contribution is -2.54. The Labute approximate surface area is 118 Å². The van der Waals surface area contributed by atoms with Gasteiger partial charge in [0.1, 0.15) is 8.24 Å². The van der Waals surface area contributed by atoms with Gasteiger partial charge in [0.15, 0.2) is 0 Å². The van der Waals surface area contributed by atoms with Gasteiger partial charge in [0, 0.05) is 11.6 Å². The SMILES string of the molecule is C[Si](C)(NC1CCCCC1)C1C=Cc2ccccc21. The molecule has 1 N–H and O–H groups in total. The van der Waals surface area contributed by atoms with Crippen LogP contribution in [0.4, 0.5) is 0 Å².